The van der Waals surface area contributed by atoms with Crippen LogP contribution in [0.1, 0.15) is 50.9 Å². The third kappa shape index (κ3) is 3.02. The van der Waals surface area contributed by atoms with Crippen molar-refractivity contribution in [2.45, 2.75) is 56.5 Å². The van der Waals surface area contributed by atoms with E-state index in [1.807, 2.05) is 4.72 Å². The van der Waals surface area contributed by atoms with Gasteiger partial charge in [0, 0.05) is 11.1 Å². The summed E-state index contributed by atoms with van der Waals surface area (Å²) in [5, 5.41) is 11.1. The first-order valence-electron chi connectivity index (χ1n) is 7.13. The Hall–Kier alpha value is -1.44. The number of fused-ring (bicyclic) bond motifs is 1. The van der Waals surface area contributed by atoms with E-state index in [4.69, 9.17) is 0 Å². The lowest BCUT2D eigenvalue weighted by atomic mass is 10.0. The van der Waals surface area contributed by atoms with Crippen LogP contribution in [0.15, 0.2) is 29.2 Å². The maximum absolute atomic E-state index is 11.1. The summed E-state index contributed by atoms with van der Waals surface area (Å²) in [6.45, 7) is 8.28. The van der Waals surface area contributed by atoms with Gasteiger partial charge in [-0.05, 0) is 52.7 Å². The van der Waals surface area contributed by atoms with Crippen LogP contribution in [-0.2, 0) is 10.0 Å². The van der Waals surface area contributed by atoms with Gasteiger partial charge in [-0.1, -0.05) is 12.1 Å². The van der Waals surface area contributed by atoms with Crippen LogP contribution in [0.25, 0.3) is 0 Å². The summed E-state index contributed by atoms with van der Waals surface area (Å²) >= 11 is 0. The highest BCUT2D eigenvalue weighted by molar-refractivity contribution is 7.90. The van der Waals surface area contributed by atoms with Crippen LogP contribution in [0.5, 0.6) is 0 Å². The molecule has 0 spiro atoms. The van der Waals surface area contributed by atoms with Gasteiger partial charge >= 0.3 is 0 Å². The molecule has 0 unspecified atom stereocenters. The molecule has 1 saturated heterocycles. The number of sulfonamides is 1. The zero-order valence-corrected chi connectivity index (χ0v) is 14.1. The number of carbonyl (C=O) groups is 1. The molecule has 2 heterocycles. The van der Waals surface area contributed by atoms with Crippen molar-refractivity contribution in [3.63, 3.8) is 0 Å². The molecule has 6 nitrogen and oxygen atoms in total. The molecule has 1 aromatic carbocycles. The first-order valence-corrected chi connectivity index (χ1v) is 8.61. The van der Waals surface area contributed by atoms with E-state index in [0.29, 0.717) is 0 Å². The van der Waals surface area contributed by atoms with Crippen molar-refractivity contribution in [2.24, 2.45) is 0 Å². The normalized spacial score (nSPS) is 24.1. The number of hydroxylamine groups is 2. The highest BCUT2D eigenvalue weighted by atomic mass is 32.2. The third-order valence-electron chi connectivity index (χ3n) is 4.14. The number of benzene rings is 1. The van der Waals surface area contributed by atoms with Gasteiger partial charge in [-0.3, -0.25) is 4.79 Å². The molecule has 0 radical (unpaired) electrons. The van der Waals surface area contributed by atoms with Crippen molar-refractivity contribution in [1.82, 2.24) is 9.79 Å². The Morgan fingerprint density at radius 1 is 1.09 bits per heavy atom. The van der Waals surface area contributed by atoms with E-state index in [2.05, 4.69) is 27.7 Å². The average Bonchev–Trinajstić information content (AvgIpc) is 2.77. The van der Waals surface area contributed by atoms with Gasteiger partial charge in [0.1, 0.15) is 4.90 Å². The predicted molar refractivity (Wildman–Crippen MR) is 82.1 cm³/mol. The van der Waals surface area contributed by atoms with Crippen molar-refractivity contribution >= 4 is 15.9 Å². The van der Waals surface area contributed by atoms with Crippen molar-refractivity contribution in [2.75, 3.05) is 0 Å². The Balaban J connectivity index is 0.000000164. The number of nitrogens with zero attached hydrogens (tertiary/aromatic N) is 1. The molecule has 0 aliphatic carbocycles. The van der Waals surface area contributed by atoms with Crippen LogP contribution in [0.4, 0.5) is 0 Å². The van der Waals surface area contributed by atoms with E-state index < -0.39 is 15.9 Å². The van der Waals surface area contributed by atoms with E-state index in [1.54, 1.807) is 12.1 Å². The van der Waals surface area contributed by atoms with Gasteiger partial charge in [-0.15, -0.1) is 0 Å². The van der Waals surface area contributed by atoms with E-state index in [9.17, 15) is 18.4 Å². The van der Waals surface area contributed by atoms with Crippen LogP contribution >= 0.6 is 0 Å². The van der Waals surface area contributed by atoms with Crippen LogP contribution < -0.4 is 4.72 Å². The fourth-order valence-corrected chi connectivity index (χ4v) is 3.94. The molecule has 1 aromatic rings. The average molecular weight is 326 g/mol. The number of rotatable bonds is 0. The van der Waals surface area contributed by atoms with Crippen LogP contribution in [-0.4, -0.2) is 35.7 Å². The van der Waals surface area contributed by atoms with Crippen LogP contribution in [0.2, 0.25) is 0 Å². The lowest BCUT2D eigenvalue weighted by molar-refractivity contribution is -0.191. The summed E-state index contributed by atoms with van der Waals surface area (Å²) in [4.78, 5) is 11.1. The topological polar surface area (TPSA) is 86.7 Å². The second-order valence-corrected chi connectivity index (χ2v) is 8.52. The second kappa shape index (κ2) is 5.33. The number of hydrogen-bond acceptors (Lipinski definition) is 5. The van der Waals surface area contributed by atoms with Gasteiger partial charge in [0.05, 0.1) is 5.56 Å². The van der Waals surface area contributed by atoms with E-state index >= 15 is 0 Å². The summed E-state index contributed by atoms with van der Waals surface area (Å²) in [6, 6.07) is 6.09. The molecule has 0 bridgehead atoms. The summed E-state index contributed by atoms with van der Waals surface area (Å²) in [7, 11) is -3.55. The molecule has 0 atom stereocenters. The molecule has 122 valence electrons. The highest BCUT2D eigenvalue weighted by Gasteiger charge is 2.43. The lowest BCUT2D eigenvalue weighted by Gasteiger charge is -2.34. The second-order valence-electron chi connectivity index (χ2n) is 6.87. The van der Waals surface area contributed by atoms with Crippen LogP contribution in [0.3, 0.4) is 0 Å². The number of carbonyl (C=O) groups excluding carboxylic acids is 1. The van der Waals surface area contributed by atoms with Gasteiger partial charge in [-0.25, -0.2) is 13.1 Å². The number of nitrogens with one attached hydrogen (secondary N) is 1. The minimum Gasteiger partial charge on any atom is -0.313 e. The summed E-state index contributed by atoms with van der Waals surface area (Å²) < 4.78 is 24.2. The molecule has 0 saturated carbocycles. The van der Waals surface area contributed by atoms with Crippen LogP contribution in [0, 0.1) is 0 Å². The van der Waals surface area contributed by atoms with Gasteiger partial charge in [0.2, 0.25) is 0 Å². The molecule has 22 heavy (non-hydrogen) atoms. The largest absolute Gasteiger partial charge is 0.313 e. The first kappa shape index (κ1) is 16.9. The summed E-state index contributed by atoms with van der Waals surface area (Å²) in [5.41, 5.74) is 0.171. The van der Waals surface area contributed by atoms with E-state index in [1.165, 1.54) is 17.2 Å². The Morgan fingerprint density at radius 3 is 2.00 bits per heavy atom. The van der Waals surface area contributed by atoms with Gasteiger partial charge < -0.3 is 5.21 Å². The zero-order valence-electron chi connectivity index (χ0n) is 13.3. The van der Waals surface area contributed by atoms with Crippen molar-refractivity contribution < 1.29 is 18.4 Å². The lowest BCUT2D eigenvalue weighted by Crippen LogP contribution is -2.45. The summed E-state index contributed by atoms with van der Waals surface area (Å²) in [6.07, 6.45) is 2.16. The Morgan fingerprint density at radius 2 is 1.59 bits per heavy atom. The van der Waals surface area contributed by atoms with E-state index in [0.717, 1.165) is 12.8 Å². The number of hydrogen-bond donors (Lipinski definition) is 2. The fourth-order valence-electron chi connectivity index (χ4n) is 2.76. The molecule has 2 aliphatic heterocycles. The third-order valence-corrected chi connectivity index (χ3v) is 5.53. The molecule has 2 aliphatic rings. The SMILES string of the molecule is CC1(C)CCC(C)(C)N1O.O=C1NS(=O)(=O)c2ccccc21. The van der Waals surface area contributed by atoms with Gasteiger partial charge in [0.25, 0.3) is 15.9 Å². The molecule has 7 heteroatoms. The summed E-state index contributed by atoms with van der Waals surface area (Å²) in [5.74, 6) is -0.550. The smallest absolute Gasteiger partial charge is 0.266 e. The Kier molecular flexibility index (Phi) is 4.10. The molecular weight excluding hydrogens is 304 g/mol. The van der Waals surface area contributed by atoms with Crippen molar-refractivity contribution in [3.8, 4) is 0 Å². The fraction of sp³-hybridized carbons (Fsp3) is 0.533. The van der Waals surface area contributed by atoms with Crippen molar-refractivity contribution in [3.05, 3.63) is 29.8 Å². The molecule has 1 fully saturated rings. The van der Waals surface area contributed by atoms with Gasteiger partial charge in [0.15, 0.2) is 0 Å². The Labute approximate surface area is 131 Å². The van der Waals surface area contributed by atoms with E-state index in [-0.39, 0.29) is 21.5 Å². The molecule has 0 aromatic heterocycles. The monoisotopic (exact) mass is 326 g/mol. The zero-order chi connectivity index (χ0) is 16.8. The van der Waals surface area contributed by atoms with Gasteiger partial charge in [-0.2, -0.15) is 5.06 Å². The minimum absolute atomic E-state index is 0.0243. The molecule has 1 amide bonds. The molecular formula is C15H22N2O4S. The standard InChI is InChI=1S/C8H17NO.C7H5NO3S/c1-7(2)5-6-8(3,4)9(7)10;9-7-5-3-1-2-4-6(5)12(10,11)8-7/h10H,5-6H2,1-4H3;1-4H,(H,8,9). The maximum Gasteiger partial charge on any atom is 0.266 e. The quantitative estimate of drug-likeness (QED) is 0.763. The minimum atomic E-state index is -3.55. The first-order chi connectivity index (χ1) is 9.97. The highest BCUT2D eigenvalue weighted by Crippen LogP contribution is 2.38. The molecule has 3 rings (SSSR count). The van der Waals surface area contributed by atoms with Crippen molar-refractivity contribution in [1.29, 1.82) is 0 Å². The predicted octanol–water partition coefficient (Wildman–Crippen LogP) is 2.15. The maximum atomic E-state index is 11.1. The Bertz CT molecular complexity index is 679. The number of amides is 1. The molecule has 2 N–H and O–H groups in total.